The maximum Gasteiger partial charge on any atom is 0.245 e. The highest BCUT2D eigenvalue weighted by atomic mass is 32.2. The van der Waals surface area contributed by atoms with Gasteiger partial charge in [-0.15, -0.1) is 11.3 Å². The smallest absolute Gasteiger partial charge is 0.245 e. The molecule has 0 bridgehead atoms. The third-order valence-electron chi connectivity index (χ3n) is 5.52. The summed E-state index contributed by atoms with van der Waals surface area (Å²) in [5.41, 5.74) is 0.826. The minimum absolute atomic E-state index is 0.0323. The van der Waals surface area contributed by atoms with E-state index in [-0.39, 0.29) is 17.4 Å². The van der Waals surface area contributed by atoms with Gasteiger partial charge in [0.15, 0.2) is 5.78 Å². The van der Waals surface area contributed by atoms with Gasteiger partial charge in [-0.2, -0.15) is 0 Å². The van der Waals surface area contributed by atoms with Crippen LogP contribution in [0.25, 0.3) is 10.9 Å². The Labute approximate surface area is 207 Å². The van der Waals surface area contributed by atoms with Crippen molar-refractivity contribution in [2.45, 2.75) is 37.8 Å². The number of carbonyl (C=O) groups excluding carboxylic acids is 2. The van der Waals surface area contributed by atoms with E-state index in [1.807, 2.05) is 43.5 Å². The summed E-state index contributed by atoms with van der Waals surface area (Å²) in [6, 6.07) is 9.38. The second-order valence-corrected chi connectivity index (χ2v) is 10.2. The highest BCUT2D eigenvalue weighted by Gasteiger charge is 2.14. The number of rotatable bonds is 9. The monoisotopic (exact) mass is 496 g/mol. The summed E-state index contributed by atoms with van der Waals surface area (Å²) in [5, 5.41) is 4.53. The maximum absolute atomic E-state index is 12.8. The molecule has 1 aromatic carbocycles. The third-order valence-corrected chi connectivity index (χ3v) is 7.64. The van der Waals surface area contributed by atoms with E-state index in [2.05, 4.69) is 20.2 Å². The molecule has 3 heterocycles. The van der Waals surface area contributed by atoms with Crippen LogP contribution in [0.3, 0.4) is 0 Å². The molecular weight excluding hydrogens is 468 g/mol. The van der Waals surface area contributed by atoms with E-state index in [1.165, 1.54) is 42.4 Å². The Balaban J connectivity index is 1.32. The first-order chi connectivity index (χ1) is 16.5. The summed E-state index contributed by atoms with van der Waals surface area (Å²) in [6.45, 7) is 4.27. The normalized spacial score (nSPS) is 14.0. The second kappa shape index (κ2) is 11.5. The molecule has 4 rings (SSSR count). The van der Waals surface area contributed by atoms with Gasteiger partial charge in [0.25, 0.3) is 0 Å². The first-order valence-electron chi connectivity index (χ1n) is 11.3. The van der Waals surface area contributed by atoms with Gasteiger partial charge < -0.3 is 15.0 Å². The molecule has 1 N–H and O–H groups in total. The third kappa shape index (κ3) is 6.36. The van der Waals surface area contributed by atoms with Gasteiger partial charge in [0.05, 0.1) is 29.8 Å². The number of Topliss-reactive ketones (excluding diaryl/α,β-unsaturated/α-hetero) is 1. The summed E-state index contributed by atoms with van der Waals surface area (Å²) in [7, 11) is 1.62. The zero-order valence-electron chi connectivity index (χ0n) is 19.4. The van der Waals surface area contributed by atoms with Crippen LogP contribution >= 0.6 is 23.1 Å². The Hall–Kier alpha value is -2.91. The van der Waals surface area contributed by atoms with Gasteiger partial charge in [-0.25, -0.2) is 9.97 Å². The number of methoxy groups -OCH3 is 1. The standard InChI is InChI=1S/C25H28N4O3S2/c1-17-27-21-8-6-18(32-2)14-20(21)25(28-17)33-16-22(30)23-9-7-19(34-23)15-26-24(31)10-13-29-11-4-3-5-12-29/h6-10,13-14H,3-5,11-12,15-16H2,1-2H3,(H,26,31). The van der Waals surface area contributed by atoms with Crippen LogP contribution in [0.2, 0.25) is 0 Å². The van der Waals surface area contributed by atoms with Crippen molar-refractivity contribution >= 4 is 45.7 Å². The van der Waals surface area contributed by atoms with Crippen LogP contribution in [0.1, 0.15) is 39.6 Å². The number of ether oxygens (including phenoxy) is 1. The predicted octanol–water partition coefficient (Wildman–Crippen LogP) is 4.60. The molecule has 1 aliphatic rings. The summed E-state index contributed by atoms with van der Waals surface area (Å²) in [6.07, 6.45) is 7.08. The topological polar surface area (TPSA) is 84.4 Å². The number of likely N-dealkylation sites (tertiary alicyclic amines) is 1. The Kier molecular flexibility index (Phi) is 8.18. The zero-order valence-corrected chi connectivity index (χ0v) is 21.0. The summed E-state index contributed by atoms with van der Waals surface area (Å²) in [4.78, 5) is 37.7. The number of hydrogen-bond acceptors (Lipinski definition) is 8. The quantitative estimate of drug-likeness (QED) is 0.201. The lowest BCUT2D eigenvalue weighted by Crippen LogP contribution is -2.26. The minimum Gasteiger partial charge on any atom is -0.497 e. The molecule has 1 aliphatic heterocycles. The van der Waals surface area contributed by atoms with Crippen molar-refractivity contribution in [2.24, 2.45) is 0 Å². The first-order valence-corrected chi connectivity index (χ1v) is 13.1. The number of hydrogen-bond donors (Lipinski definition) is 1. The second-order valence-electron chi connectivity index (χ2n) is 8.07. The van der Waals surface area contributed by atoms with Crippen LogP contribution in [0, 0.1) is 6.92 Å². The fraction of sp³-hybridized carbons (Fsp3) is 0.360. The van der Waals surface area contributed by atoms with Gasteiger partial charge >= 0.3 is 0 Å². The minimum atomic E-state index is -0.121. The fourth-order valence-corrected chi connectivity index (χ4v) is 5.64. The highest BCUT2D eigenvalue weighted by Crippen LogP contribution is 2.29. The molecule has 0 radical (unpaired) electrons. The molecule has 0 aliphatic carbocycles. The zero-order chi connectivity index (χ0) is 23.9. The number of aryl methyl sites for hydroxylation is 1. The molecule has 9 heteroatoms. The molecular formula is C25H28N4O3S2. The van der Waals surface area contributed by atoms with Crippen molar-refractivity contribution in [2.75, 3.05) is 26.0 Å². The highest BCUT2D eigenvalue weighted by molar-refractivity contribution is 8.00. The van der Waals surface area contributed by atoms with E-state index in [1.54, 1.807) is 13.2 Å². The molecule has 34 heavy (non-hydrogen) atoms. The van der Waals surface area contributed by atoms with Crippen molar-refractivity contribution in [3.8, 4) is 5.75 Å². The fourth-order valence-electron chi connectivity index (χ4n) is 3.73. The Morgan fingerprint density at radius 2 is 2.00 bits per heavy atom. The lowest BCUT2D eigenvalue weighted by atomic mass is 10.1. The van der Waals surface area contributed by atoms with Crippen molar-refractivity contribution in [3.05, 3.63) is 58.2 Å². The number of nitrogens with one attached hydrogen (secondary N) is 1. The van der Waals surface area contributed by atoms with Crippen LogP contribution in [0.5, 0.6) is 5.75 Å². The van der Waals surface area contributed by atoms with Crippen molar-refractivity contribution in [1.82, 2.24) is 20.2 Å². The van der Waals surface area contributed by atoms with Crippen molar-refractivity contribution < 1.29 is 14.3 Å². The van der Waals surface area contributed by atoms with Crippen LogP contribution in [0.15, 0.2) is 47.6 Å². The number of amides is 1. The first kappa shape index (κ1) is 24.2. The van der Waals surface area contributed by atoms with Crippen LogP contribution in [-0.2, 0) is 11.3 Å². The van der Waals surface area contributed by atoms with E-state index in [0.717, 1.165) is 39.6 Å². The van der Waals surface area contributed by atoms with Gasteiger partial charge in [0.2, 0.25) is 5.91 Å². The molecule has 0 atom stereocenters. The van der Waals surface area contributed by atoms with E-state index < -0.39 is 0 Å². The molecule has 0 saturated carbocycles. The van der Waals surface area contributed by atoms with E-state index in [4.69, 9.17) is 4.74 Å². The molecule has 1 fully saturated rings. The van der Waals surface area contributed by atoms with Crippen LogP contribution < -0.4 is 10.1 Å². The number of carbonyl (C=O) groups is 2. The Morgan fingerprint density at radius 1 is 1.18 bits per heavy atom. The largest absolute Gasteiger partial charge is 0.497 e. The molecule has 1 saturated heterocycles. The molecule has 3 aromatic rings. The molecule has 0 spiro atoms. The molecule has 2 aromatic heterocycles. The maximum atomic E-state index is 12.8. The van der Waals surface area contributed by atoms with Crippen LogP contribution in [0.4, 0.5) is 0 Å². The lowest BCUT2D eigenvalue weighted by Gasteiger charge is -2.24. The van der Waals surface area contributed by atoms with Gasteiger partial charge in [0, 0.05) is 35.6 Å². The lowest BCUT2D eigenvalue weighted by molar-refractivity contribution is -0.116. The number of ketones is 1. The number of thiophene rings is 1. The van der Waals surface area contributed by atoms with Gasteiger partial charge in [0.1, 0.15) is 16.6 Å². The molecule has 7 nitrogen and oxygen atoms in total. The van der Waals surface area contributed by atoms with Gasteiger partial charge in [-0.1, -0.05) is 11.8 Å². The average Bonchev–Trinajstić information content (AvgIpc) is 3.34. The van der Waals surface area contributed by atoms with Crippen molar-refractivity contribution in [3.63, 3.8) is 0 Å². The van der Waals surface area contributed by atoms with E-state index in [9.17, 15) is 9.59 Å². The number of thioether (sulfide) groups is 1. The number of aromatic nitrogens is 2. The Morgan fingerprint density at radius 3 is 2.79 bits per heavy atom. The number of piperidine rings is 1. The summed E-state index contributed by atoms with van der Waals surface area (Å²) in [5.74, 6) is 1.57. The Bertz CT molecular complexity index is 1200. The number of nitrogens with zero attached hydrogens (tertiary/aromatic N) is 3. The molecule has 178 valence electrons. The molecule has 0 unspecified atom stereocenters. The summed E-state index contributed by atoms with van der Waals surface area (Å²) < 4.78 is 5.32. The van der Waals surface area contributed by atoms with E-state index in [0.29, 0.717) is 17.2 Å². The number of fused-ring (bicyclic) bond motifs is 1. The predicted molar refractivity (Wildman–Crippen MR) is 137 cm³/mol. The summed E-state index contributed by atoms with van der Waals surface area (Å²) >= 11 is 2.81. The van der Waals surface area contributed by atoms with E-state index >= 15 is 0 Å². The van der Waals surface area contributed by atoms with Gasteiger partial charge in [-0.05, 0) is 56.5 Å². The SMILES string of the molecule is COc1ccc2nc(C)nc(SCC(=O)c3ccc(CNC(=O)C=CN4CCCCC4)s3)c2c1. The van der Waals surface area contributed by atoms with Gasteiger partial charge in [-0.3, -0.25) is 9.59 Å². The van der Waals surface area contributed by atoms with Crippen molar-refractivity contribution in [1.29, 1.82) is 0 Å². The molecule has 1 amide bonds. The average molecular weight is 497 g/mol. The van der Waals surface area contributed by atoms with Crippen LogP contribution in [-0.4, -0.2) is 52.5 Å². The number of benzene rings is 1.